The highest BCUT2D eigenvalue weighted by Gasteiger charge is 2.54. The summed E-state index contributed by atoms with van der Waals surface area (Å²) in [6.07, 6.45) is 7.91. The van der Waals surface area contributed by atoms with Gasteiger partial charge in [-0.15, -0.1) is 0 Å². The average Bonchev–Trinajstić information content (AvgIpc) is 2.69. The third kappa shape index (κ3) is 1.32. The second-order valence-electron chi connectivity index (χ2n) is 6.72. The Morgan fingerprint density at radius 2 is 1.72 bits per heavy atom. The zero-order valence-electron chi connectivity index (χ0n) is 10.8. The number of oxazole rings is 1. The van der Waals surface area contributed by atoms with Gasteiger partial charge in [-0.05, 0) is 56.3 Å². The third-order valence-electron chi connectivity index (χ3n) is 5.36. The molecule has 0 aliphatic heterocycles. The van der Waals surface area contributed by atoms with Gasteiger partial charge in [-0.25, -0.2) is 4.98 Å². The number of hydrogen-bond donors (Lipinski definition) is 0. The molecule has 18 heavy (non-hydrogen) atoms. The highest BCUT2D eigenvalue weighted by atomic mass is 16.4. The Morgan fingerprint density at radius 1 is 1.17 bits per heavy atom. The first kappa shape index (κ1) is 10.6. The van der Waals surface area contributed by atoms with Gasteiger partial charge < -0.3 is 4.42 Å². The van der Waals surface area contributed by atoms with E-state index >= 15 is 0 Å². The molecular formula is C15H18N2O. The molecule has 1 heterocycles. The van der Waals surface area contributed by atoms with Crippen molar-refractivity contribution in [3.05, 3.63) is 17.3 Å². The van der Waals surface area contributed by atoms with Gasteiger partial charge in [0.1, 0.15) is 11.8 Å². The van der Waals surface area contributed by atoms with Crippen molar-refractivity contribution in [2.75, 3.05) is 0 Å². The van der Waals surface area contributed by atoms with Crippen LogP contribution in [0.1, 0.15) is 55.9 Å². The minimum absolute atomic E-state index is 0.154. The highest BCUT2D eigenvalue weighted by Crippen LogP contribution is 2.61. The molecule has 1 aromatic rings. The van der Waals surface area contributed by atoms with Crippen LogP contribution in [0.4, 0.5) is 0 Å². The van der Waals surface area contributed by atoms with Crippen molar-refractivity contribution >= 4 is 0 Å². The Hall–Kier alpha value is -1.30. The molecule has 0 amide bonds. The average molecular weight is 242 g/mol. The number of rotatable bonds is 1. The molecule has 4 saturated carbocycles. The quantitative estimate of drug-likeness (QED) is 0.759. The number of aryl methyl sites for hydroxylation is 1. The Balaban J connectivity index is 1.81. The van der Waals surface area contributed by atoms with Gasteiger partial charge in [-0.1, -0.05) is 0 Å². The van der Waals surface area contributed by atoms with Crippen molar-refractivity contribution < 1.29 is 4.42 Å². The molecule has 4 aliphatic rings. The van der Waals surface area contributed by atoms with E-state index in [0.29, 0.717) is 11.6 Å². The molecule has 5 rings (SSSR count). The van der Waals surface area contributed by atoms with Crippen LogP contribution in [0, 0.1) is 36.0 Å². The van der Waals surface area contributed by atoms with Gasteiger partial charge in [0, 0.05) is 12.3 Å². The molecule has 0 saturated heterocycles. The van der Waals surface area contributed by atoms with Crippen molar-refractivity contribution in [2.45, 2.75) is 50.9 Å². The first-order valence-electron chi connectivity index (χ1n) is 7.06. The lowest BCUT2D eigenvalue weighted by molar-refractivity contribution is -0.0156. The van der Waals surface area contributed by atoms with E-state index in [4.69, 9.17) is 4.42 Å². The molecule has 4 fully saturated rings. The number of aromatic nitrogens is 1. The molecule has 94 valence electrons. The second kappa shape index (κ2) is 3.38. The monoisotopic (exact) mass is 242 g/mol. The fraction of sp³-hybridized carbons (Fsp3) is 0.733. The van der Waals surface area contributed by atoms with Gasteiger partial charge in [-0.2, -0.15) is 5.26 Å². The van der Waals surface area contributed by atoms with Crippen molar-refractivity contribution in [3.8, 4) is 6.07 Å². The van der Waals surface area contributed by atoms with Crippen molar-refractivity contribution in [3.63, 3.8) is 0 Å². The van der Waals surface area contributed by atoms with Crippen LogP contribution in [0.5, 0.6) is 0 Å². The number of nitrogens with zero attached hydrogens (tertiary/aromatic N) is 2. The highest BCUT2D eigenvalue weighted by molar-refractivity contribution is 5.33. The summed E-state index contributed by atoms with van der Waals surface area (Å²) in [5.41, 5.74) is 0.704. The molecule has 0 N–H and O–H groups in total. The zero-order valence-corrected chi connectivity index (χ0v) is 10.8. The molecule has 3 heteroatoms. The number of hydrogen-bond acceptors (Lipinski definition) is 3. The maximum Gasteiger partial charge on any atom is 0.192 e. The minimum atomic E-state index is 0.154. The standard InChI is InChI=1S/C15H18N2O/c1-9-17-13(8-16)14(18-9)15-5-10-2-11(6-15)4-12(3-10)7-15/h10-12H,2-7H2,1H3. The van der Waals surface area contributed by atoms with E-state index < -0.39 is 0 Å². The normalized spacial score (nSPS) is 41.0. The Morgan fingerprint density at radius 3 is 2.22 bits per heavy atom. The molecule has 0 atom stereocenters. The maximum absolute atomic E-state index is 9.26. The summed E-state index contributed by atoms with van der Waals surface area (Å²) in [5, 5.41) is 9.26. The topological polar surface area (TPSA) is 49.8 Å². The molecule has 0 aromatic carbocycles. The third-order valence-corrected chi connectivity index (χ3v) is 5.36. The first-order valence-corrected chi connectivity index (χ1v) is 7.06. The van der Waals surface area contributed by atoms with E-state index in [-0.39, 0.29) is 5.41 Å². The van der Waals surface area contributed by atoms with E-state index in [1.165, 1.54) is 38.5 Å². The van der Waals surface area contributed by atoms with E-state index in [1.807, 2.05) is 6.92 Å². The van der Waals surface area contributed by atoms with Gasteiger partial charge in [0.25, 0.3) is 0 Å². The largest absolute Gasteiger partial charge is 0.444 e. The summed E-state index contributed by atoms with van der Waals surface area (Å²) >= 11 is 0. The summed E-state index contributed by atoms with van der Waals surface area (Å²) in [6.45, 7) is 1.85. The Bertz CT molecular complexity index is 502. The smallest absolute Gasteiger partial charge is 0.192 e. The van der Waals surface area contributed by atoms with Gasteiger partial charge in [0.2, 0.25) is 0 Å². The van der Waals surface area contributed by atoms with Crippen molar-refractivity contribution in [1.29, 1.82) is 5.26 Å². The zero-order chi connectivity index (χ0) is 12.3. The van der Waals surface area contributed by atoms with Gasteiger partial charge in [-0.3, -0.25) is 0 Å². The van der Waals surface area contributed by atoms with Crippen LogP contribution < -0.4 is 0 Å². The Kier molecular flexibility index (Phi) is 1.99. The van der Waals surface area contributed by atoms with Crippen LogP contribution in [0.3, 0.4) is 0 Å². The molecular weight excluding hydrogens is 224 g/mol. The summed E-state index contributed by atoms with van der Waals surface area (Å²) in [7, 11) is 0. The SMILES string of the molecule is Cc1nc(C#N)c(C23CC4CC(CC(C4)C2)C3)o1. The summed E-state index contributed by atoms with van der Waals surface area (Å²) in [4.78, 5) is 4.26. The van der Waals surface area contributed by atoms with E-state index in [1.54, 1.807) is 0 Å². The van der Waals surface area contributed by atoms with Crippen LogP contribution in [-0.4, -0.2) is 4.98 Å². The maximum atomic E-state index is 9.26. The van der Waals surface area contributed by atoms with Gasteiger partial charge in [0.15, 0.2) is 11.6 Å². The van der Waals surface area contributed by atoms with Crippen molar-refractivity contribution in [2.24, 2.45) is 17.8 Å². The van der Waals surface area contributed by atoms with E-state index in [2.05, 4.69) is 11.1 Å². The predicted octanol–water partition coefficient (Wildman–Crippen LogP) is 3.32. The molecule has 0 unspecified atom stereocenters. The van der Waals surface area contributed by atoms with E-state index in [9.17, 15) is 5.26 Å². The van der Waals surface area contributed by atoms with Crippen LogP contribution in [0.15, 0.2) is 4.42 Å². The lowest BCUT2D eigenvalue weighted by Gasteiger charge is -2.55. The molecule has 4 aliphatic carbocycles. The lowest BCUT2D eigenvalue weighted by atomic mass is 9.49. The Labute approximate surface area is 107 Å². The van der Waals surface area contributed by atoms with Gasteiger partial charge >= 0.3 is 0 Å². The van der Waals surface area contributed by atoms with Crippen LogP contribution in [0.2, 0.25) is 0 Å². The molecule has 3 nitrogen and oxygen atoms in total. The van der Waals surface area contributed by atoms with Gasteiger partial charge in [0.05, 0.1) is 0 Å². The predicted molar refractivity (Wildman–Crippen MR) is 65.8 cm³/mol. The fourth-order valence-electron chi connectivity index (χ4n) is 5.25. The number of nitriles is 1. The minimum Gasteiger partial charge on any atom is -0.444 e. The first-order chi connectivity index (χ1) is 8.68. The second-order valence-corrected chi connectivity index (χ2v) is 6.72. The summed E-state index contributed by atoms with van der Waals surface area (Å²) in [5.74, 6) is 4.17. The summed E-state index contributed by atoms with van der Waals surface area (Å²) < 4.78 is 5.86. The molecule has 1 aromatic heterocycles. The fourth-order valence-corrected chi connectivity index (χ4v) is 5.25. The molecule has 4 bridgehead atoms. The van der Waals surface area contributed by atoms with Crippen LogP contribution >= 0.6 is 0 Å². The van der Waals surface area contributed by atoms with Crippen molar-refractivity contribution in [1.82, 2.24) is 4.98 Å². The van der Waals surface area contributed by atoms with E-state index in [0.717, 1.165) is 23.5 Å². The molecule has 0 radical (unpaired) electrons. The molecule has 0 spiro atoms. The van der Waals surface area contributed by atoms with Crippen LogP contribution in [-0.2, 0) is 5.41 Å². The lowest BCUT2D eigenvalue weighted by Crippen LogP contribution is -2.48. The van der Waals surface area contributed by atoms with Crippen LogP contribution in [0.25, 0.3) is 0 Å². The summed E-state index contributed by atoms with van der Waals surface area (Å²) in [6, 6.07) is 2.24.